The fraction of sp³-hybridized carbons (Fsp3) is 0.143. The van der Waals surface area contributed by atoms with Crippen molar-refractivity contribution in [3.05, 3.63) is 43.3 Å². The van der Waals surface area contributed by atoms with Gasteiger partial charge in [0.1, 0.15) is 0 Å². The van der Waals surface area contributed by atoms with Crippen LogP contribution in [0.2, 0.25) is 0 Å². The van der Waals surface area contributed by atoms with Crippen LogP contribution in [0.25, 0.3) is 0 Å². The van der Waals surface area contributed by atoms with E-state index in [0.29, 0.717) is 0 Å². The molecule has 154 valence electrons. The maximum atomic E-state index is 12.4. The molecule has 0 atom stereocenters. The summed E-state index contributed by atoms with van der Waals surface area (Å²) >= 11 is 3.57. The summed E-state index contributed by atoms with van der Waals surface area (Å²) < 4.78 is 45.0. The van der Waals surface area contributed by atoms with Crippen LogP contribution >= 0.6 is 27.7 Å². The first-order valence-corrected chi connectivity index (χ1v) is 8.74. The van der Waals surface area contributed by atoms with Crippen molar-refractivity contribution in [2.45, 2.75) is 6.36 Å². The molecule has 1 aromatic carbocycles. The van der Waals surface area contributed by atoms with E-state index in [1.54, 1.807) is 0 Å². The minimum absolute atomic E-state index is 0.00648. The number of thioether (sulfide) groups is 1. The van der Waals surface area contributed by atoms with Gasteiger partial charge in [0.2, 0.25) is 5.75 Å². The minimum Gasteiger partial charge on any atom is -0.466 e. The lowest BCUT2D eigenvalue weighted by Crippen LogP contribution is -2.19. The number of halogens is 4. The molecule has 0 aliphatic carbocycles. The van der Waals surface area contributed by atoms with Gasteiger partial charge in [0.25, 0.3) is 5.91 Å². The Kier molecular flexibility index (Phi) is 6.97. The molecule has 1 N–H and O–H groups in total. The summed E-state index contributed by atoms with van der Waals surface area (Å²) in [5.74, 6) is -2.37. The predicted molar refractivity (Wildman–Crippen MR) is 98.3 cm³/mol. The highest BCUT2D eigenvalue weighted by molar-refractivity contribution is 9.10. The summed E-state index contributed by atoms with van der Waals surface area (Å²) in [6.07, 6.45) is -3.16. The van der Waals surface area contributed by atoms with Gasteiger partial charge in [0.15, 0.2) is 5.17 Å². The first-order chi connectivity index (χ1) is 13.5. The molecule has 15 heteroatoms. The van der Waals surface area contributed by atoms with Crippen LogP contribution in [-0.4, -0.2) is 41.7 Å². The van der Waals surface area contributed by atoms with E-state index >= 15 is 0 Å². The molecular formula is C14H8BrF3N4O6S. The van der Waals surface area contributed by atoms with Crippen LogP contribution in [0, 0.1) is 10.1 Å². The van der Waals surface area contributed by atoms with Crippen molar-refractivity contribution in [1.29, 1.82) is 0 Å². The molecule has 0 saturated carbocycles. The number of amidine groups is 1. The minimum atomic E-state index is -5.12. The molecule has 10 nitrogen and oxygen atoms in total. The highest BCUT2D eigenvalue weighted by Gasteiger charge is 2.36. The Balaban J connectivity index is 2.24. The van der Waals surface area contributed by atoms with Gasteiger partial charge in [-0.2, -0.15) is 5.10 Å². The Morgan fingerprint density at radius 2 is 2.10 bits per heavy atom. The van der Waals surface area contributed by atoms with E-state index in [1.807, 2.05) is 0 Å². The third-order valence-corrected chi connectivity index (χ3v) is 4.41. The maximum absolute atomic E-state index is 12.4. The second-order valence-electron chi connectivity index (χ2n) is 4.89. The number of hydrogen-bond donors (Lipinski definition) is 1. The number of esters is 1. The Labute approximate surface area is 172 Å². The number of ether oxygens (including phenoxy) is 2. The van der Waals surface area contributed by atoms with Gasteiger partial charge in [-0.25, -0.2) is 4.79 Å². The monoisotopic (exact) mass is 496 g/mol. The Morgan fingerprint density at radius 1 is 1.41 bits per heavy atom. The fourth-order valence-corrected chi connectivity index (χ4v) is 3.10. The van der Waals surface area contributed by atoms with E-state index < -0.39 is 34.6 Å². The second kappa shape index (κ2) is 9.04. The summed E-state index contributed by atoms with van der Waals surface area (Å²) in [6.45, 7) is 0. The lowest BCUT2D eigenvalue weighted by atomic mass is 10.2. The van der Waals surface area contributed by atoms with Gasteiger partial charge in [0, 0.05) is 17.7 Å². The molecule has 1 aliphatic rings. The number of benzene rings is 1. The third kappa shape index (κ3) is 6.28. The number of amides is 1. The summed E-state index contributed by atoms with van der Waals surface area (Å²) in [4.78, 5) is 32.8. The number of rotatable bonds is 5. The van der Waals surface area contributed by atoms with Crippen molar-refractivity contribution in [1.82, 2.24) is 5.32 Å². The fourth-order valence-electron chi connectivity index (χ4n) is 1.82. The van der Waals surface area contributed by atoms with Crippen LogP contribution in [-0.2, 0) is 14.3 Å². The lowest BCUT2D eigenvalue weighted by Gasteiger charge is -2.11. The van der Waals surface area contributed by atoms with Gasteiger partial charge in [-0.05, 0) is 33.8 Å². The highest BCUT2D eigenvalue weighted by atomic mass is 79.9. The first kappa shape index (κ1) is 22.4. The largest absolute Gasteiger partial charge is 0.573 e. The van der Waals surface area contributed by atoms with Crippen LogP contribution in [0.5, 0.6) is 5.75 Å². The topological polar surface area (TPSA) is 132 Å². The molecule has 1 heterocycles. The zero-order chi connectivity index (χ0) is 21.8. The molecular weight excluding hydrogens is 489 g/mol. The van der Waals surface area contributed by atoms with E-state index in [-0.39, 0.29) is 20.1 Å². The summed E-state index contributed by atoms with van der Waals surface area (Å²) in [7, 11) is 1.14. The molecule has 0 bridgehead atoms. The van der Waals surface area contributed by atoms with E-state index in [1.165, 1.54) is 0 Å². The smallest absolute Gasteiger partial charge is 0.466 e. The Bertz CT molecular complexity index is 963. The average molecular weight is 497 g/mol. The maximum Gasteiger partial charge on any atom is 0.573 e. The quantitative estimate of drug-likeness (QED) is 0.218. The highest BCUT2D eigenvalue weighted by Crippen LogP contribution is 2.39. The molecule has 0 aromatic heterocycles. The Morgan fingerprint density at radius 3 is 2.69 bits per heavy atom. The molecule has 29 heavy (non-hydrogen) atoms. The number of methoxy groups -OCH3 is 1. The van der Waals surface area contributed by atoms with Gasteiger partial charge in [0.05, 0.1) is 27.6 Å². The SMILES string of the molecule is COC(=O)/C=C1/S/C(=N\N=Cc2cc(Br)c(OC(F)(F)F)c([N+](=O)[O-])c2)NC1=O. The molecule has 0 unspecified atom stereocenters. The van der Waals surface area contributed by atoms with E-state index in [4.69, 9.17) is 0 Å². The number of hydrogen-bond acceptors (Lipinski definition) is 9. The molecule has 1 aromatic rings. The number of nitrogens with zero attached hydrogens (tertiary/aromatic N) is 3. The number of carbonyl (C=O) groups excluding carboxylic acids is 2. The molecule has 2 rings (SSSR count). The normalized spacial score (nSPS) is 17.1. The zero-order valence-electron chi connectivity index (χ0n) is 14.0. The lowest BCUT2D eigenvalue weighted by molar-refractivity contribution is -0.388. The van der Waals surface area contributed by atoms with Gasteiger partial charge < -0.3 is 9.47 Å². The van der Waals surface area contributed by atoms with Crippen molar-refractivity contribution < 1.29 is 37.2 Å². The summed E-state index contributed by atoms with van der Waals surface area (Å²) in [6, 6.07) is 1.90. The zero-order valence-corrected chi connectivity index (χ0v) is 16.4. The predicted octanol–water partition coefficient (Wildman–Crippen LogP) is 2.87. The van der Waals surface area contributed by atoms with Crippen molar-refractivity contribution in [3.63, 3.8) is 0 Å². The summed E-state index contributed by atoms with van der Waals surface area (Å²) in [5, 5.41) is 20.7. The molecule has 1 aliphatic heterocycles. The first-order valence-electron chi connectivity index (χ1n) is 7.13. The van der Waals surface area contributed by atoms with Gasteiger partial charge in [-0.15, -0.1) is 18.3 Å². The number of nitrogens with one attached hydrogen (secondary N) is 1. The molecule has 1 amide bonds. The van der Waals surface area contributed by atoms with E-state index in [2.05, 4.69) is 40.9 Å². The van der Waals surface area contributed by atoms with Crippen LogP contribution in [0.3, 0.4) is 0 Å². The van der Waals surface area contributed by atoms with Crippen LogP contribution in [0.4, 0.5) is 18.9 Å². The average Bonchev–Trinajstić information content (AvgIpc) is 2.95. The molecule has 0 spiro atoms. The third-order valence-electron chi connectivity index (χ3n) is 2.92. The van der Waals surface area contributed by atoms with Crippen molar-refractivity contribution >= 4 is 56.6 Å². The molecule has 1 saturated heterocycles. The molecule has 1 fully saturated rings. The van der Waals surface area contributed by atoms with Gasteiger partial charge in [-0.3, -0.25) is 20.2 Å². The van der Waals surface area contributed by atoms with E-state index in [0.717, 1.165) is 43.3 Å². The Hall–Kier alpha value is -2.94. The molecule has 0 radical (unpaired) electrons. The van der Waals surface area contributed by atoms with E-state index in [9.17, 15) is 32.9 Å². The van der Waals surface area contributed by atoms with Gasteiger partial charge >= 0.3 is 18.0 Å². The number of nitro groups is 1. The van der Waals surface area contributed by atoms with Crippen molar-refractivity contribution in [2.24, 2.45) is 10.2 Å². The van der Waals surface area contributed by atoms with Crippen molar-refractivity contribution in [2.75, 3.05) is 7.11 Å². The van der Waals surface area contributed by atoms with Gasteiger partial charge in [-0.1, -0.05) is 0 Å². The number of alkyl halides is 3. The number of nitro benzene ring substituents is 1. The summed E-state index contributed by atoms with van der Waals surface area (Å²) in [5.41, 5.74) is -0.917. The second-order valence-corrected chi connectivity index (χ2v) is 6.78. The number of carbonyl (C=O) groups is 2. The van der Waals surface area contributed by atoms with Crippen LogP contribution in [0.1, 0.15) is 5.56 Å². The van der Waals surface area contributed by atoms with Crippen LogP contribution in [0.15, 0.2) is 37.8 Å². The standard InChI is InChI=1S/C14H8BrF3N4O6S/c1-27-10(23)4-9-12(24)20-13(29-9)21-19-5-6-2-7(15)11(28-14(16,17)18)8(3-6)22(25)26/h2-5H,1H3,(H,20,21,24)/b9-4+,19-5?. The van der Waals surface area contributed by atoms with Crippen molar-refractivity contribution in [3.8, 4) is 5.75 Å². The van der Waals surface area contributed by atoms with Crippen LogP contribution < -0.4 is 10.1 Å².